The highest BCUT2D eigenvalue weighted by molar-refractivity contribution is 5.89. The van der Waals surface area contributed by atoms with E-state index in [0.29, 0.717) is 51.7 Å². The number of carbonyl (C=O) groups is 3. The number of anilines is 1. The van der Waals surface area contributed by atoms with E-state index < -0.39 is 0 Å². The summed E-state index contributed by atoms with van der Waals surface area (Å²) in [4.78, 5) is 42.1. The fourth-order valence-corrected chi connectivity index (χ4v) is 5.52. The Labute approximate surface area is 208 Å². The first-order valence-corrected chi connectivity index (χ1v) is 13.4. The van der Waals surface area contributed by atoms with Crippen molar-refractivity contribution >= 4 is 23.5 Å². The molecule has 2 heterocycles. The van der Waals surface area contributed by atoms with Gasteiger partial charge in [-0.2, -0.15) is 0 Å². The first-order chi connectivity index (χ1) is 17.0. The van der Waals surface area contributed by atoms with Crippen molar-refractivity contribution in [3.05, 3.63) is 24.3 Å². The first-order valence-electron chi connectivity index (χ1n) is 13.4. The number of piperidine rings is 2. The van der Waals surface area contributed by atoms with Gasteiger partial charge in [-0.1, -0.05) is 19.3 Å². The second-order valence-corrected chi connectivity index (χ2v) is 10.1. The summed E-state index contributed by atoms with van der Waals surface area (Å²) in [6.45, 7) is 4.98. The van der Waals surface area contributed by atoms with Gasteiger partial charge in [-0.25, -0.2) is 4.79 Å². The molecule has 1 saturated carbocycles. The van der Waals surface area contributed by atoms with Crippen LogP contribution in [0.4, 0.5) is 10.5 Å². The van der Waals surface area contributed by atoms with Gasteiger partial charge in [0.15, 0.2) is 0 Å². The van der Waals surface area contributed by atoms with Crippen LogP contribution in [0.2, 0.25) is 0 Å². The summed E-state index contributed by atoms with van der Waals surface area (Å²) < 4.78 is 5.44. The molecule has 1 aromatic rings. The molecule has 1 aromatic carbocycles. The van der Waals surface area contributed by atoms with E-state index in [4.69, 9.17) is 4.74 Å². The molecule has 3 fully saturated rings. The minimum atomic E-state index is -0.134. The summed E-state index contributed by atoms with van der Waals surface area (Å²) in [5.41, 5.74) is 0.729. The second kappa shape index (κ2) is 12.3. The van der Waals surface area contributed by atoms with Crippen molar-refractivity contribution in [2.45, 2.75) is 70.8 Å². The lowest BCUT2D eigenvalue weighted by atomic mass is 9.90. The third kappa shape index (κ3) is 6.89. The van der Waals surface area contributed by atoms with E-state index in [1.54, 1.807) is 4.90 Å². The maximum atomic E-state index is 13.1. The number of rotatable bonds is 6. The van der Waals surface area contributed by atoms with Gasteiger partial charge in [0.1, 0.15) is 5.75 Å². The highest BCUT2D eigenvalue weighted by Crippen LogP contribution is 2.26. The molecule has 8 heteroatoms. The molecule has 0 radical (unpaired) electrons. The molecule has 0 atom stereocenters. The van der Waals surface area contributed by atoms with Crippen molar-refractivity contribution in [3.8, 4) is 5.75 Å². The van der Waals surface area contributed by atoms with E-state index in [2.05, 4.69) is 10.6 Å². The maximum Gasteiger partial charge on any atom is 0.321 e. The number of urea groups is 1. The summed E-state index contributed by atoms with van der Waals surface area (Å²) >= 11 is 0. The zero-order valence-corrected chi connectivity index (χ0v) is 21.0. The van der Waals surface area contributed by atoms with Crippen LogP contribution < -0.4 is 15.4 Å². The summed E-state index contributed by atoms with van der Waals surface area (Å²) in [6.07, 6.45) is 8.73. The smallest absolute Gasteiger partial charge is 0.321 e. The number of nitrogens with one attached hydrogen (secondary N) is 2. The van der Waals surface area contributed by atoms with Crippen LogP contribution in [-0.4, -0.2) is 66.5 Å². The van der Waals surface area contributed by atoms with Crippen LogP contribution in [0.3, 0.4) is 0 Å². The van der Waals surface area contributed by atoms with Crippen LogP contribution in [0.5, 0.6) is 5.75 Å². The van der Waals surface area contributed by atoms with Gasteiger partial charge in [-0.3, -0.25) is 9.59 Å². The highest BCUT2D eigenvalue weighted by Gasteiger charge is 2.34. The largest absolute Gasteiger partial charge is 0.494 e. The molecule has 8 nitrogen and oxygen atoms in total. The Balaban J connectivity index is 1.17. The third-order valence-electron chi connectivity index (χ3n) is 7.68. The number of likely N-dealkylation sites (tertiary alicyclic amines) is 2. The molecule has 0 unspecified atom stereocenters. The topological polar surface area (TPSA) is 91.0 Å². The highest BCUT2D eigenvalue weighted by atomic mass is 16.5. The summed E-state index contributed by atoms with van der Waals surface area (Å²) in [7, 11) is 0. The molecule has 4 amide bonds. The average molecular weight is 485 g/mol. The lowest BCUT2D eigenvalue weighted by molar-refractivity contribution is -0.140. The van der Waals surface area contributed by atoms with E-state index in [-0.39, 0.29) is 29.7 Å². The molecule has 3 aliphatic rings. The Hall–Kier alpha value is -2.77. The lowest BCUT2D eigenvalue weighted by Gasteiger charge is -2.37. The fraction of sp³-hybridized carbons (Fsp3) is 0.667. The van der Waals surface area contributed by atoms with Gasteiger partial charge in [-0.15, -0.1) is 0 Å². The number of hydrogen-bond acceptors (Lipinski definition) is 4. The maximum absolute atomic E-state index is 13.1. The number of benzene rings is 1. The summed E-state index contributed by atoms with van der Waals surface area (Å²) in [6, 6.07) is 7.55. The molecule has 35 heavy (non-hydrogen) atoms. The predicted molar refractivity (Wildman–Crippen MR) is 135 cm³/mol. The fourth-order valence-electron chi connectivity index (χ4n) is 5.52. The Kier molecular flexibility index (Phi) is 8.88. The van der Waals surface area contributed by atoms with Crippen LogP contribution >= 0.6 is 0 Å². The van der Waals surface area contributed by atoms with Crippen molar-refractivity contribution in [1.82, 2.24) is 15.1 Å². The molecule has 2 aliphatic heterocycles. The molecule has 4 rings (SSSR count). The zero-order chi connectivity index (χ0) is 24.6. The third-order valence-corrected chi connectivity index (χ3v) is 7.68. The van der Waals surface area contributed by atoms with Crippen molar-refractivity contribution in [3.63, 3.8) is 0 Å². The van der Waals surface area contributed by atoms with Crippen LogP contribution in [0, 0.1) is 11.8 Å². The molecular formula is C27H40N4O4. The SMILES string of the molecule is CCOc1ccc(NC(=O)N2CCC(C(=O)N3CCC(C(=O)NC4CCCCC4)CC3)CC2)cc1. The monoisotopic (exact) mass is 484 g/mol. The molecule has 2 N–H and O–H groups in total. The minimum Gasteiger partial charge on any atom is -0.494 e. The van der Waals surface area contributed by atoms with Crippen LogP contribution in [-0.2, 0) is 9.59 Å². The Morgan fingerprint density at radius 3 is 2.06 bits per heavy atom. The molecule has 2 saturated heterocycles. The van der Waals surface area contributed by atoms with Gasteiger partial charge in [0.05, 0.1) is 6.61 Å². The Morgan fingerprint density at radius 2 is 1.43 bits per heavy atom. The predicted octanol–water partition coefficient (Wildman–Crippen LogP) is 4.02. The number of ether oxygens (including phenoxy) is 1. The van der Waals surface area contributed by atoms with E-state index in [0.717, 1.165) is 37.1 Å². The molecular weight excluding hydrogens is 444 g/mol. The minimum absolute atomic E-state index is 0.0223. The summed E-state index contributed by atoms with van der Waals surface area (Å²) in [5, 5.41) is 6.18. The Bertz CT molecular complexity index is 852. The number of amides is 4. The average Bonchev–Trinajstić information content (AvgIpc) is 2.90. The number of carbonyl (C=O) groups excluding carboxylic acids is 3. The van der Waals surface area contributed by atoms with Gasteiger partial charge in [0.25, 0.3) is 0 Å². The standard InChI is InChI=1S/C27H40N4O4/c1-2-35-24-10-8-23(9-11-24)29-27(34)31-18-14-21(15-19-31)26(33)30-16-12-20(13-17-30)25(32)28-22-6-4-3-5-7-22/h8-11,20-22H,2-7,12-19H2,1H3,(H,28,32)(H,29,34). The van der Waals surface area contributed by atoms with Gasteiger partial charge >= 0.3 is 6.03 Å². The second-order valence-electron chi connectivity index (χ2n) is 10.1. The number of nitrogens with zero attached hydrogens (tertiary/aromatic N) is 2. The number of hydrogen-bond donors (Lipinski definition) is 2. The van der Waals surface area contributed by atoms with Crippen molar-refractivity contribution in [2.75, 3.05) is 38.1 Å². The summed E-state index contributed by atoms with van der Waals surface area (Å²) in [5.74, 6) is 1.11. The zero-order valence-electron chi connectivity index (χ0n) is 21.0. The lowest BCUT2D eigenvalue weighted by Crippen LogP contribution is -2.49. The van der Waals surface area contributed by atoms with Gasteiger partial charge in [0, 0.05) is 49.7 Å². The van der Waals surface area contributed by atoms with Crippen LogP contribution in [0.1, 0.15) is 64.7 Å². The van der Waals surface area contributed by atoms with Gasteiger partial charge < -0.3 is 25.2 Å². The molecule has 0 bridgehead atoms. The van der Waals surface area contributed by atoms with Crippen molar-refractivity contribution in [1.29, 1.82) is 0 Å². The van der Waals surface area contributed by atoms with E-state index in [9.17, 15) is 14.4 Å². The molecule has 1 aliphatic carbocycles. The molecule has 192 valence electrons. The molecule has 0 aromatic heterocycles. The van der Waals surface area contributed by atoms with Gasteiger partial charge in [-0.05, 0) is 69.7 Å². The molecule has 0 spiro atoms. The van der Waals surface area contributed by atoms with Crippen molar-refractivity contribution in [2.24, 2.45) is 11.8 Å². The van der Waals surface area contributed by atoms with Crippen LogP contribution in [0.25, 0.3) is 0 Å². The first kappa shape index (κ1) is 25.3. The van der Waals surface area contributed by atoms with E-state index in [1.807, 2.05) is 36.1 Å². The van der Waals surface area contributed by atoms with E-state index in [1.165, 1.54) is 19.3 Å². The quantitative estimate of drug-likeness (QED) is 0.638. The van der Waals surface area contributed by atoms with Crippen LogP contribution in [0.15, 0.2) is 24.3 Å². The normalized spacial score (nSPS) is 20.4. The van der Waals surface area contributed by atoms with Gasteiger partial charge in [0.2, 0.25) is 11.8 Å². The van der Waals surface area contributed by atoms with E-state index >= 15 is 0 Å². The van der Waals surface area contributed by atoms with Crippen molar-refractivity contribution < 1.29 is 19.1 Å². The Morgan fingerprint density at radius 1 is 0.829 bits per heavy atom.